The van der Waals surface area contributed by atoms with Gasteiger partial charge >= 0.3 is 0 Å². The van der Waals surface area contributed by atoms with Crippen LogP contribution in [0.25, 0.3) is 0 Å². The third-order valence-corrected chi connectivity index (χ3v) is 3.00. The van der Waals surface area contributed by atoms with Gasteiger partial charge in [0.25, 0.3) is 0 Å². The van der Waals surface area contributed by atoms with Crippen molar-refractivity contribution in [1.29, 1.82) is 0 Å². The predicted molar refractivity (Wildman–Crippen MR) is 53.1 cm³/mol. The Morgan fingerprint density at radius 3 is 2.25 bits per heavy atom. The molecule has 0 unspecified atom stereocenters. The maximum Gasteiger partial charge on any atom is 0.0138 e. The SMILES string of the molecule is CC(C)N1CC[C@@H](C(C)(C)N)C1. The highest BCUT2D eigenvalue weighted by atomic mass is 15.2. The van der Waals surface area contributed by atoms with Crippen molar-refractivity contribution in [1.82, 2.24) is 4.90 Å². The van der Waals surface area contributed by atoms with Crippen LogP contribution in [-0.4, -0.2) is 29.6 Å². The molecule has 0 aliphatic carbocycles. The summed E-state index contributed by atoms with van der Waals surface area (Å²) >= 11 is 0. The molecule has 1 saturated heterocycles. The van der Waals surface area contributed by atoms with E-state index < -0.39 is 0 Å². The minimum absolute atomic E-state index is 0.00361. The Labute approximate surface area is 76.1 Å². The van der Waals surface area contributed by atoms with Crippen molar-refractivity contribution in [2.24, 2.45) is 11.7 Å². The molecule has 1 rings (SSSR count). The lowest BCUT2D eigenvalue weighted by atomic mass is 9.88. The van der Waals surface area contributed by atoms with E-state index in [-0.39, 0.29) is 5.54 Å². The molecule has 1 atom stereocenters. The van der Waals surface area contributed by atoms with Crippen molar-refractivity contribution in [3.8, 4) is 0 Å². The summed E-state index contributed by atoms with van der Waals surface area (Å²) in [5.41, 5.74) is 6.08. The highest BCUT2D eigenvalue weighted by Crippen LogP contribution is 2.26. The number of hydrogen-bond donors (Lipinski definition) is 1. The van der Waals surface area contributed by atoms with Crippen LogP contribution in [0.15, 0.2) is 0 Å². The average molecular weight is 170 g/mol. The fourth-order valence-electron chi connectivity index (χ4n) is 1.86. The molecule has 1 aliphatic heterocycles. The zero-order valence-electron chi connectivity index (χ0n) is 8.80. The summed E-state index contributed by atoms with van der Waals surface area (Å²) in [7, 11) is 0. The van der Waals surface area contributed by atoms with Gasteiger partial charge in [-0.05, 0) is 46.6 Å². The second-order valence-corrected chi connectivity index (χ2v) is 4.90. The normalized spacial score (nSPS) is 27.0. The molecule has 0 spiro atoms. The average Bonchev–Trinajstić information content (AvgIpc) is 2.30. The van der Waals surface area contributed by atoms with Gasteiger partial charge in [0.15, 0.2) is 0 Å². The minimum atomic E-state index is 0.00361. The fraction of sp³-hybridized carbons (Fsp3) is 1.00. The van der Waals surface area contributed by atoms with E-state index in [9.17, 15) is 0 Å². The number of nitrogens with zero attached hydrogens (tertiary/aromatic N) is 1. The van der Waals surface area contributed by atoms with Crippen molar-refractivity contribution >= 4 is 0 Å². The molecule has 0 aromatic heterocycles. The van der Waals surface area contributed by atoms with Gasteiger partial charge in [-0.1, -0.05) is 0 Å². The van der Waals surface area contributed by atoms with Gasteiger partial charge in [0.1, 0.15) is 0 Å². The molecule has 1 heterocycles. The quantitative estimate of drug-likeness (QED) is 0.679. The van der Waals surface area contributed by atoms with Crippen LogP contribution in [0.4, 0.5) is 0 Å². The second kappa shape index (κ2) is 3.35. The van der Waals surface area contributed by atoms with Crippen LogP contribution in [0.5, 0.6) is 0 Å². The van der Waals surface area contributed by atoms with E-state index >= 15 is 0 Å². The molecular formula is C10H22N2. The monoisotopic (exact) mass is 170 g/mol. The molecule has 0 saturated carbocycles. The molecule has 2 nitrogen and oxygen atoms in total. The number of rotatable bonds is 2. The van der Waals surface area contributed by atoms with Gasteiger partial charge in [0.05, 0.1) is 0 Å². The zero-order valence-corrected chi connectivity index (χ0v) is 8.80. The summed E-state index contributed by atoms with van der Waals surface area (Å²) in [4.78, 5) is 2.51. The summed E-state index contributed by atoms with van der Waals surface area (Å²) in [6.07, 6.45) is 1.27. The van der Waals surface area contributed by atoms with E-state index in [2.05, 4.69) is 32.6 Å². The van der Waals surface area contributed by atoms with Crippen molar-refractivity contribution in [2.75, 3.05) is 13.1 Å². The maximum absolute atomic E-state index is 6.08. The van der Waals surface area contributed by atoms with E-state index in [0.29, 0.717) is 12.0 Å². The van der Waals surface area contributed by atoms with Gasteiger partial charge in [-0.25, -0.2) is 0 Å². The van der Waals surface area contributed by atoms with Gasteiger partial charge in [0, 0.05) is 18.1 Å². The molecule has 1 fully saturated rings. The van der Waals surface area contributed by atoms with E-state index in [1.807, 2.05) is 0 Å². The maximum atomic E-state index is 6.08. The Kier molecular flexibility index (Phi) is 2.79. The van der Waals surface area contributed by atoms with Crippen LogP contribution in [0, 0.1) is 5.92 Å². The molecular weight excluding hydrogens is 148 g/mol. The largest absolute Gasteiger partial charge is 0.325 e. The van der Waals surface area contributed by atoms with Crippen molar-refractivity contribution < 1.29 is 0 Å². The highest BCUT2D eigenvalue weighted by Gasteiger charge is 2.32. The van der Waals surface area contributed by atoms with Crippen LogP contribution in [-0.2, 0) is 0 Å². The third kappa shape index (κ3) is 2.20. The molecule has 0 amide bonds. The molecule has 0 aromatic rings. The molecule has 0 aromatic carbocycles. The van der Waals surface area contributed by atoms with Crippen molar-refractivity contribution in [2.45, 2.75) is 45.7 Å². The van der Waals surface area contributed by atoms with Crippen molar-refractivity contribution in [3.63, 3.8) is 0 Å². The van der Waals surface area contributed by atoms with Crippen LogP contribution >= 0.6 is 0 Å². The first-order valence-corrected chi connectivity index (χ1v) is 4.94. The Morgan fingerprint density at radius 2 is 2.00 bits per heavy atom. The van der Waals surface area contributed by atoms with Gasteiger partial charge < -0.3 is 10.6 Å². The number of nitrogens with two attached hydrogens (primary N) is 1. The Morgan fingerprint density at radius 1 is 1.42 bits per heavy atom. The Hall–Kier alpha value is -0.0800. The van der Waals surface area contributed by atoms with Gasteiger partial charge in [0.2, 0.25) is 0 Å². The standard InChI is InChI=1S/C10H22N2/c1-8(2)12-6-5-9(7-12)10(3,4)11/h8-9H,5-7,11H2,1-4H3/t9-/m1/s1. The zero-order chi connectivity index (χ0) is 9.35. The smallest absolute Gasteiger partial charge is 0.0138 e. The van der Waals surface area contributed by atoms with E-state index in [1.165, 1.54) is 19.5 Å². The topological polar surface area (TPSA) is 29.3 Å². The van der Waals surface area contributed by atoms with Gasteiger partial charge in [-0.3, -0.25) is 0 Å². The summed E-state index contributed by atoms with van der Waals surface area (Å²) < 4.78 is 0. The first-order chi connectivity index (χ1) is 5.41. The van der Waals surface area contributed by atoms with E-state index in [0.717, 1.165) is 0 Å². The van der Waals surface area contributed by atoms with Gasteiger partial charge in [-0.15, -0.1) is 0 Å². The van der Waals surface area contributed by atoms with E-state index in [1.54, 1.807) is 0 Å². The molecule has 72 valence electrons. The second-order valence-electron chi connectivity index (χ2n) is 4.90. The molecule has 2 heteroatoms. The molecule has 1 aliphatic rings. The van der Waals surface area contributed by atoms with Gasteiger partial charge in [-0.2, -0.15) is 0 Å². The lowest BCUT2D eigenvalue weighted by Crippen LogP contribution is -2.42. The van der Waals surface area contributed by atoms with Crippen LogP contribution in [0.3, 0.4) is 0 Å². The van der Waals surface area contributed by atoms with Crippen LogP contribution in [0.1, 0.15) is 34.1 Å². The highest BCUT2D eigenvalue weighted by molar-refractivity contribution is 4.90. The lowest BCUT2D eigenvalue weighted by Gasteiger charge is -2.28. The first kappa shape index (κ1) is 10.0. The van der Waals surface area contributed by atoms with Crippen LogP contribution in [0.2, 0.25) is 0 Å². The number of likely N-dealkylation sites (tertiary alicyclic amines) is 1. The molecule has 0 radical (unpaired) electrons. The third-order valence-electron chi connectivity index (χ3n) is 3.00. The summed E-state index contributed by atoms with van der Waals surface area (Å²) in [5.74, 6) is 0.680. The molecule has 12 heavy (non-hydrogen) atoms. The minimum Gasteiger partial charge on any atom is -0.325 e. The Bertz CT molecular complexity index is 146. The lowest BCUT2D eigenvalue weighted by molar-refractivity contribution is 0.242. The molecule has 0 bridgehead atoms. The molecule has 2 N–H and O–H groups in total. The predicted octanol–water partition coefficient (Wildman–Crippen LogP) is 1.45. The van der Waals surface area contributed by atoms with Crippen molar-refractivity contribution in [3.05, 3.63) is 0 Å². The van der Waals surface area contributed by atoms with Crippen LogP contribution < -0.4 is 5.73 Å². The number of hydrogen-bond acceptors (Lipinski definition) is 2. The summed E-state index contributed by atoms with van der Waals surface area (Å²) in [5, 5.41) is 0. The summed E-state index contributed by atoms with van der Waals surface area (Å²) in [6.45, 7) is 11.2. The fourth-order valence-corrected chi connectivity index (χ4v) is 1.86. The Balaban J connectivity index is 2.46. The summed E-state index contributed by atoms with van der Waals surface area (Å²) in [6, 6.07) is 0.678. The first-order valence-electron chi connectivity index (χ1n) is 4.94. The van der Waals surface area contributed by atoms with E-state index in [4.69, 9.17) is 5.73 Å².